The van der Waals surface area contributed by atoms with Gasteiger partial charge in [0.25, 0.3) is 5.91 Å². The number of benzene rings is 2. The molecule has 4 amide bonds. The van der Waals surface area contributed by atoms with E-state index in [2.05, 4.69) is 5.32 Å². The van der Waals surface area contributed by atoms with Crippen molar-refractivity contribution in [2.45, 2.75) is 38.3 Å². The Morgan fingerprint density at radius 3 is 2.81 bits per heavy atom. The van der Waals surface area contributed by atoms with E-state index in [4.69, 9.17) is 9.47 Å². The predicted octanol–water partition coefficient (Wildman–Crippen LogP) is 2.55. The minimum Gasteiger partial charge on any atom is -0.454 e. The van der Waals surface area contributed by atoms with E-state index in [-0.39, 0.29) is 25.2 Å². The summed E-state index contributed by atoms with van der Waals surface area (Å²) in [5.41, 5.74) is 1.73. The Labute approximate surface area is 186 Å². The third kappa shape index (κ3) is 3.26. The van der Waals surface area contributed by atoms with E-state index in [1.807, 2.05) is 49.4 Å². The van der Waals surface area contributed by atoms with Crippen LogP contribution < -0.4 is 14.8 Å². The minimum atomic E-state index is -1.07. The van der Waals surface area contributed by atoms with Crippen LogP contribution in [0.1, 0.15) is 36.5 Å². The first-order valence-corrected chi connectivity index (χ1v) is 10.9. The number of aryl methyl sites for hydroxylation is 1. The van der Waals surface area contributed by atoms with Gasteiger partial charge in [-0.3, -0.25) is 14.5 Å². The number of nitrogens with one attached hydrogen (secondary N) is 1. The average molecular weight is 435 g/mol. The van der Waals surface area contributed by atoms with Gasteiger partial charge in [0.05, 0.1) is 0 Å². The van der Waals surface area contributed by atoms with Crippen LogP contribution in [-0.2, 0) is 28.1 Å². The first kappa shape index (κ1) is 20.4. The molecule has 2 aromatic carbocycles. The van der Waals surface area contributed by atoms with Gasteiger partial charge in [-0.2, -0.15) is 0 Å². The van der Waals surface area contributed by atoms with Crippen LogP contribution in [0.3, 0.4) is 0 Å². The second-order valence-corrected chi connectivity index (χ2v) is 8.33. The van der Waals surface area contributed by atoms with Crippen molar-refractivity contribution in [3.63, 3.8) is 0 Å². The largest absolute Gasteiger partial charge is 0.454 e. The molecule has 166 valence electrons. The summed E-state index contributed by atoms with van der Waals surface area (Å²) < 4.78 is 10.7. The van der Waals surface area contributed by atoms with Crippen LogP contribution in [0.4, 0.5) is 4.79 Å². The number of carbonyl (C=O) groups excluding carboxylic acids is 3. The highest BCUT2D eigenvalue weighted by Crippen LogP contribution is 2.40. The van der Waals surface area contributed by atoms with E-state index < -0.39 is 11.6 Å². The molecule has 1 aliphatic carbocycles. The number of amides is 4. The molecule has 0 saturated carbocycles. The van der Waals surface area contributed by atoms with Crippen molar-refractivity contribution < 1.29 is 23.9 Å². The summed E-state index contributed by atoms with van der Waals surface area (Å²) in [5, 5.41) is 2.90. The fourth-order valence-electron chi connectivity index (χ4n) is 4.83. The zero-order valence-electron chi connectivity index (χ0n) is 17.9. The molecule has 5 rings (SSSR count). The summed E-state index contributed by atoms with van der Waals surface area (Å²) in [5.74, 6) is 0.704. The van der Waals surface area contributed by atoms with Gasteiger partial charge < -0.3 is 19.7 Å². The fraction of sp³-hybridized carbons (Fsp3) is 0.375. The highest BCUT2D eigenvalue weighted by molar-refractivity contribution is 6.09. The molecule has 0 radical (unpaired) electrons. The number of likely N-dealkylation sites (N-methyl/N-ethyl adjacent to an activating group) is 1. The highest BCUT2D eigenvalue weighted by atomic mass is 16.7. The lowest BCUT2D eigenvalue weighted by atomic mass is 9.76. The molecule has 0 aromatic heterocycles. The maximum absolute atomic E-state index is 13.4. The standard InChI is InChI=1S/C24H25N3O5/c1-2-26(13-16-9-10-19-20(12-16)32-15-31-19)21(28)14-27-22(29)24(25-23(27)30)11-5-7-17-6-3-4-8-18(17)24/h3-4,6,8-10,12H,2,5,7,11,13-15H2,1H3,(H,25,30)/t24-/m0/s1. The minimum absolute atomic E-state index is 0.187. The van der Waals surface area contributed by atoms with Crippen molar-refractivity contribution in [3.05, 3.63) is 59.2 Å². The Balaban J connectivity index is 1.33. The van der Waals surface area contributed by atoms with Crippen molar-refractivity contribution in [2.75, 3.05) is 19.9 Å². The number of nitrogens with zero attached hydrogens (tertiary/aromatic N) is 2. The summed E-state index contributed by atoms with van der Waals surface area (Å²) in [6.07, 6.45) is 2.21. The Hall–Kier alpha value is -3.55. The molecule has 2 aliphatic heterocycles. The summed E-state index contributed by atoms with van der Waals surface area (Å²) in [6.45, 7) is 2.57. The Morgan fingerprint density at radius 2 is 1.97 bits per heavy atom. The second kappa shape index (κ2) is 7.85. The van der Waals surface area contributed by atoms with Gasteiger partial charge in [-0.25, -0.2) is 4.79 Å². The van der Waals surface area contributed by atoms with E-state index in [9.17, 15) is 14.4 Å². The number of carbonyl (C=O) groups is 3. The van der Waals surface area contributed by atoms with E-state index in [0.717, 1.165) is 34.4 Å². The van der Waals surface area contributed by atoms with Crippen molar-refractivity contribution in [3.8, 4) is 11.5 Å². The van der Waals surface area contributed by atoms with Crippen LogP contribution in [-0.4, -0.2) is 47.5 Å². The second-order valence-electron chi connectivity index (χ2n) is 8.33. The number of fused-ring (bicyclic) bond motifs is 3. The van der Waals surface area contributed by atoms with Gasteiger partial charge in [0, 0.05) is 13.1 Å². The number of hydrogen-bond acceptors (Lipinski definition) is 5. The molecule has 0 unspecified atom stereocenters. The van der Waals surface area contributed by atoms with Gasteiger partial charge in [-0.1, -0.05) is 30.3 Å². The molecule has 8 nitrogen and oxygen atoms in total. The number of rotatable bonds is 5. The first-order chi connectivity index (χ1) is 15.5. The van der Waals surface area contributed by atoms with Crippen LogP contribution in [0, 0.1) is 0 Å². The maximum Gasteiger partial charge on any atom is 0.325 e. The molecule has 2 aromatic rings. The summed E-state index contributed by atoms with van der Waals surface area (Å²) in [4.78, 5) is 42.0. The number of hydrogen-bond donors (Lipinski definition) is 1. The van der Waals surface area contributed by atoms with E-state index in [1.165, 1.54) is 0 Å². The predicted molar refractivity (Wildman–Crippen MR) is 115 cm³/mol. The molecule has 1 atom stereocenters. The topological polar surface area (TPSA) is 88.2 Å². The van der Waals surface area contributed by atoms with E-state index in [1.54, 1.807) is 4.90 Å². The van der Waals surface area contributed by atoms with Crippen LogP contribution in [0.15, 0.2) is 42.5 Å². The zero-order chi connectivity index (χ0) is 22.3. The van der Waals surface area contributed by atoms with Gasteiger partial charge in [0.1, 0.15) is 12.1 Å². The molecule has 2 heterocycles. The first-order valence-electron chi connectivity index (χ1n) is 10.9. The van der Waals surface area contributed by atoms with Gasteiger partial charge in [0.15, 0.2) is 11.5 Å². The van der Waals surface area contributed by atoms with E-state index >= 15 is 0 Å². The van der Waals surface area contributed by atoms with Crippen LogP contribution in [0.25, 0.3) is 0 Å². The van der Waals surface area contributed by atoms with Crippen molar-refractivity contribution in [2.24, 2.45) is 0 Å². The molecular weight excluding hydrogens is 410 g/mol. The number of imide groups is 1. The SMILES string of the molecule is CCN(Cc1ccc2c(c1)OCO2)C(=O)CN1C(=O)N[C@]2(CCCc3ccccc32)C1=O. The third-order valence-corrected chi connectivity index (χ3v) is 6.49. The van der Waals surface area contributed by atoms with Crippen LogP contribution in [0.5, 0.6) is 11.5 Å². The van der Waals surface area contributed by atoms with E-state index in [0.29, 0.717) is 31.0 Å². The fourth-order valence-corrected chi connectivity index (χ4v) is 4.83. The molecule has 8 heteroatoms. The molecule has 3 aliphatic rings. The average Bonchev–Trinajstić information content (AvgIpc) is 3.36. The maximum atomic E-state index is 13.4. The Morgan fingerprint density at radius 1 is 1.16 bits per heavy atom. The molecule has 1 N–H and O–H groups in total. The molecule has 32 heavy (non-hydrogen) atoms. The Bertz CT molecular complexity index is 1100. The van der Waals surface area contributed by atoms with Crippen LogP contribution in [0.2, 0.25) is 0 Å². The quantitative estimate of drug-likeness (QED) is 0.730. The molecule has 0 bridgehead atoms. The lowest BCUT2D eigenvalue weighted by molar-refractivity contribution is -0.139. The summed E-state index contributed by atoms with van der Waals surface area (Å²) in [6, 6.07) is 12.7. The van der Waals surface area contributed by atoms with Crippen molar-refractivity contribution in [1.29, 1.82) is 0 Å². The lowest BCUT2D eigenvalue weighted by Gasteiger charge is -2.33. The van der Waals surface area contributed by atoms with Gasteiger partial charge in [-0.05, 0) is 55.0 Å². The summed E-state index contributed by atoms with van der Waals surface area (Å²) >= 11 is 0. The molecular formula is C24H25N3O5. The zero-order valence-corrected chi connectivity index (χ0v) is 17.9. The normalized spacial score (nSPS) is 21.0. The monoisotopic (exact) mass is 435 g/mol. The summed E-state index contributed by atoms with van der Waals surface area (Å²) in [7, 11) is 0. The van der Waals surface area contributed by atoms with Gasteiger partial charge in [0.2, 0.25) is 12.7 Å². The van der Waals surface area contributed by atoms with Crippen molar-refractivity contribution in [1.82, 2.24) is 15.1 Å². The lowest BCUT2D eigenvalue weighted by Crippen LogP contribution is -2.47. The molecule has 1 fully saturated rings. The highest BCUT2D eigenvalue weighted by Gasteiger charge is 2.54. The van der Waals surface area contributed by atoms with Crippen molar-refractivity contribution >= 4 is 17.8 Å². The number of ether oxygens (including phenoxy) is 2. The molecule has 1 saturated heterocycles. The van der Waals surface area contributed by atoms with Crippen LogP contribution >= 0.6 is 0 Å². The molecule has 1 spiro atoms. The number of urea groups is 1. The Kier molecular flexibility index (Phi) is 5.00. The smallest absolute Gasteiger partial charge is 0.325 e. The third-order valence-electron chi connectivity index (χ3n) is 6.49. The van der Waals surface area contributed by atoms with Gasteiger partial charge in [-0.15, -0.1) is 0 Å². The van der Waals surface area contributed by atoms with Gasteiger partial charge >= 0.3 is 6.03 Å².